The molecule has 5 nitrogen and oxygen atoms in total. The Hall–Kier alpha value is -2.54. The Balaban J connectivity index is 1.49. The average Bonchev–Trinajstić information content (AvgIpc) is 3.23. The molecule has 0 unspecified atom stereocenters. The van der Waals surface area contributed by atoms with E-state index in [9.17, 15) is 9.18 Å². The number of carbonyl (C=O) groups is 1. The van der Waals surface area contributed by atoms with E-state index in [1.165, 1.54) is 17.4 Å². The molecule has 118 valence electrons. The lowest BCUT2D eigenvalue weighted by Gasteiger charge is -2.05. The molecule has 3 aromatic rings. The molecule has 2 aromatic heterocycles. The molecule has 0 spiro atoms. The lowest BCUT2D eigenvalue weighted by molar-refractivity contribution is -0.121. The molecule has 0 bridgehead atoms. The largest absolute Gasteiger partial charge is 0.420 e. The smallest absolute Gasteiger partial charge is 0.257 e. The monoisotopic (exact) mass is 331 g/mol. The third kappa shape index (κ3) is 4.01. The van der Waals surface area contributed by atoms with Gasteiger partial charge in [0, 0.05) is 24.9 Å². The maximum absolute atomic E-state index is 13.4. The van der Waals surface area contributed by atoms with Crippen molar-refractivity contribution in [2.45, 2.75) is 19.4 Å². The number of carbonyl (C=O) groups excluding carboxylic acids is 1. The molecule has 0 aliphatic carbocycles. The van der Waals surface area contributed by atoms with Crippen LogP contribution in [0.3, 0.4) is 0 Å². The van der Waals surface area contributed by atoms with E-state index >= 15 is 0 Å². The summed E-state index contributed by atoms with van der Waals surface area (Å²) < 4.78 is 19.0. The Bertz CT molecular complexity index is 786. The van der Waals surface area contributed by atoms with E-state index < -0.39 is 0 Å². The van der Waals surface area contributed by atoms with Crippen molar-refractivity contribution in [3.05, 3.63) is 59.0 Å². The second-order valence-corrected chi connectivity index (χ2v) is 5.79. The zero-order valence-corrected chi connectivity index (χ0v) is 13.0. The summed E-state index contributed by atoms with van der Waals surface area (Å²) in [5.74, 6) is 0.352. The van der Waals surface area contributed by atoms with Crippen LogP contribution in [0.25, 0.3) is 10.8 Å². The molecule has 0 saturated heterocycles. The molecule has 0 atom stereocenters. The first-order valence-electron chi connectivity index (χ1n) is 7.09. The van der Waals surface area contributed by atoms with Gasteiger partial charge in [0.2, 0.25) is 11.8 Å². The first kappa shape index (κ1) is 15.4. The van der Waals surface area contributed by atoms with Crippen molar-refractivity contribution in [2.75, 3.05) is 0 Å². The topological polar surface area (TPSA) is 68.0 Å². The molecular formula is C16H14FN3O2S. The fourth-order valence-corrected chi connectivity index (χ4v) is 2.64. The van der Waals surface area contributed by atoms with Crippen molar-refractivity contribution in [1.82, 2.24) is 15.5 Å². The number of hydrogen-bond donors (Lipinski definition) is 1. The Morgan fingerprint density at radius 3 is 2.87 bits per heavy atom. The summed E-state index contributed by atoms with van der Waals surface area (Å²) in [4.78, 5) is 12.7. The lowest BCUT2D eigenvalue weighted by atomic mass is 10.2. The van der Waals surface area contributed by atoms with Gasteiger partial charge in [-0.05, 0) is 17.5 Å². The molecule has 0 fully saturated rings. The zero-order chi connectivity index (χ0) is 16.1. The first-order chi connectivity index (χ1) is 11.2. The highest BCUT2D eigenvalue weighted by atomic mass is 32.1. The van der Waals surface area contributed by atoms with Crippen LogP contribution in [0.2, 0.25) is 0 Å². The van der Waals surface area contributed by atoms with Gasteiger partial charge < -0.3 is 9.73 Å². The van der Waals surface area contributed by atoms with E-state index in [0.717, 1.165) is 4.88 Å². The second-order valence-electron chi connectivity index (χ2n) is 4.85. The zero-order valence-electron chi connectivity index (χ0n) is 12.2. The average molecular weight is 331 g/mol. The van der Waals surface area contributed by atoms with Gasteiger partial charge in [-0.1, -0.05) is 24.3 Å². The number of benzene rings is 1. The fourth-order valence-electron chi connectivity index (χ4n) is 2.00. The number of hydrogen-bond acceptors (Lipinski definition) is 5. The van der Waals surface area contributed by atoms with Crippen LogP contribution in [0.5, 0.6) is 0 Å². The van der Waals surface area contributed by atoms with Crippen molar-refractivity contribution < 1.29 is 13.6 Å². The van der Waals surface area contributed by atoms with Gasteiger partial charge in [0.05, 0.1) is 4.88 Å². The number of aromatic nitrogens is 2. The van der Waals surface area contributed by atoms with Crippen LogP contribution in [-0.4, -0.2) is 16.1 Å². The van der Waals surface area contributed by atoms with Crippen LogP contribution < -0.4 is 5.32 Å². The number of halogens is 1. The Morgan fingerprint density at radius 1 is 1.22 bits per heavy atom. The predicted octanol–water partition coefficient (Wildman–Crippen LogP) is 3.19. The molecule has 1 aromatic carbocycles. The molecule has 2 heterocycles. The molecule has 0 saturated carbocycles. The van der Waals surface area contributed by atoms with Crippen LogP contribution in [-0.2, 0) is 17.8 Å². The molecule has 7 heteroatoms. The normalized spacial score (nSPS) is 10.7. The van der Waals surface area contributed by atoms with Crippen LogP contribution in [0.4, 0.5) is 4.39 Å². The first-order valence-corrected chi connectivity index (χ1v) is 7.96. The SMILES string of the molecule is O=C(CCc1nnc(-c2cccs2)o1)NCc1ccccc1F. The third-order valence-electron chi connectivity index (χ3n) is 3.20. The van der Waals surface area contributed by atoms with Crippen LogP contribution in [0.15, 0.2) is 46.2 Å². The summed E-state index contributed by atoms with van der Waals surface area (Å²) in [6.45, 7) is 0.162. The summed E-state index contributed by atoms with van der Waals surface area (Å²) in [6, 6.07) is 10.1. The quantitative estimate of drug-likeness (QED) is 0.753. The summed E-state index contributed by atoms with van der Waals surface area (Å²) in [7, 11) is 0. The number of rotatable bonds is 6. The van der Waals surface area contributed by atoms with E-state index in [1.807, 2.05) is 17.5 Å². The van der Waals surface area contributed by atoms with Gasteiger partial charge in [-0.15, -0.1) is 21.5 Å². The fraction of sp³-hybridized carbons (Fsp3) is 0.188. The molecule has 1 N–H and O–H groups in total. The number of aryl methyl sites for hydroxylation is 1. The summed E-state index contributed by atoms with van der Waals surface area (Å²) in [5.41, 5.74) is 0.457. The minimum atomic E-state index is -0.328. The molecule has 3 rings (SSSR count). The van der Waals surface area contributed by atoms with E-state index in [4.69, 9.17) is 4.42 Å². The molecule has 0 radical (unpaired) electrons. The minimum Gasteiger partial charge on any atom is -0.420 e. The Kier molecular flexibility index (Phi) is 4.77. The van der Waals surface area contributed by atoms with Gasteiger partial charge in [0.15, 0.2) is 0 Å². The van der Waals surface area contributed by atoms with E-state index in [0.29, 0.717) is 23.8 Å². The van der Waals surface area contributed by atoms with E-state index in [-0.39, 0.29) is 24.7 Å². The van der Waals surface area contributed by atoms with Crippen molar-refractivity contribution in [2.24, 2.45) is 0 Å². The molecule has 0 aliphatic heterocycles. The summed E-state index contributed by atoms with van der Waals surface area (Å²) in [5, 5.41) is 12.5. The van der Waals surface area contributed by atoms with Crippen LogP contribution >= 0.6 is 11.3 Å². The summed E-state index contributed by atoms with van der Waals surface area (Å²) >= 11 is 1.51. The van der Waals surface area contributed by atoms with E-state index in [2.05, 4.69) is 15.5 Å². The van der Waals surface area contributed by atoms with Gasteiger partial charge in [0.1, 0.15) is 5.82 Å². The molecule has 1 amide bonds. The van der Waals surface area contributed by atoms with Gasteiger partial charge in [-0.25, -0.2) is 4.39 Å². The second kappa shape index (κ2) is 7.15. The highest BCUT2D eigenvalue weighted by Crippen LogP contribution is 2.23. The predicted molar refractivity (Wildman–Crippen MR) is 84.2 cm³/mol. The van der Waals surface area contributed by atoms with Gasteiger partial charge >= 0.3 is 0 Å². The third-order valence-corrected chi connectivity index (χ3v) is 4.06. The van der Waals surface area contributed by atoms with Crippen molar-refractivity contribution in [3.8, 4) is 10.8 Å². The van der Waals surface area contributed by atoms with Crippen molar-refractivity contribution in [1.29, 1.82) is 0 Å². The Labute approximate surface area is 136 Å². The molecule has 0 aliphatic rings. The standard InChI is InChI=1S/C16H14FN3O2S/c17-12-5-2-1-4-11(12)10-18-14(21)7-8-15-19-20-16(22-15)13-6-3-9-23-13/h1-6,9H,7-8,10H2,(H,18,21). The molecule has 23 heavy (non-hydrogen) atoms. The number of nitrogens with one attached hydrogen (secondary N) is 1. The van der Waals surface area contributed by atoms with E-state index in [1.54, 1.807) is 18.2 Å². The van der Waals surface area contributed by atoms with Gasteiger partial charge in [0.25, 0.3) is 5.89 Å². The van der Waals surface area contributed by atoms with Gasteiger partial charge in [-0.2, -0.15) is 0 Å². The highest BCUT2D eigenvalue weighted by Gasteiger charge is 2.11. The maximum Gasteiger partial charge on any atom is 0.257 e. The van der Waals surface area contributed by atoms with Gasteiger partial charge in [-0.3, -0.25) is 4.79 Å². The molecular weight excluding hydrogens is 317 g/mol. The number of nitrogens with zero attached hydrogens (tertiary/aromatic N) is 2. The minimum absolute atomic E-state index is 0.162. The van der Waals surface area contributed by atoms with Crippen LogP contribution in [0, 0.1) is 5.82 Å². The number of amides is 1. The van der Waals surface area contributed by atoms with Crippen molar-refractivity contribution >= 4 is 17.2 Å². The van der Waals surface area contributed by atoms with Crippen LogP contribution in [0.1, 0.15) is 17.9 Å². The lowest BCUT2D eigenvalue weighted by Crippen LogP contribution is -2.23. The highest BCUT2D eigenvalue weighted by molar-refractivity contribution is 7.13. The Morgan fingerprint density at radius 2 is 2.09 bits per heavy atom. The number of thiophene rings is 1. The maximum atomic E-state index is 13.4. The van der Waals surface area contributed by atoms with Crippen molar-refractivity contribution in [3.63, 3.8) is 0 Å². The summed E-state index contributed by atoms with van der Waals surface area (Å²) in [6.07, 6.45) is 0.558.